The van der Waals surface area contributed by atoms with Crippen molar-refractivity contribution >= 4 is 7.82 Å². The van der Waals surface area contributed by atoms with E-state index in [0.29, 0.717) is 0 Å². The molecule has 6 nitrogen and oxygen atoms in total. The fraction of sp³-hybridized carbons (Fsp3) is 1.00. The zero-order valence-electron chi connectivity index (χ0n) is 28.9. The molecule has 0 fully saturated rings. The highest BCUT2D eigenvalue weighted by Crippen LogP contribution is 2.21. The lowest BCUT2D eigenvalue weighted by Gasteiger charge is -2.39. The maximum atomic E-state index is 9.25. The minimum atomic E-state index is -4.65. The second-order valence-corrected chi connectivity index (χ2v) is 13.2. The molecule has 0 amide bonds. The number of unbranched alkanes of at least 4 members (excludes halogenated alkanes) is 8. The van der Waals surface area contributed by atoms with Gasteiger partial charge in [0.2, 0.25) is 0 Å². The molecule has 0 radical (unpaired) electrons. The first-order valence-electron chi connectivity index (χ1n) is 17.3. The number of hydrogen-bond acceptors (Lipinski definition) is 4. The molecule has 0 saturated carbocycles. The van der Waals surface area contributed by atoms with E-state index < -0.39 is 7.82 Å². The van der Waals surface area contributed by atoms with Gasteiger partial charge in [-0.3, -0.25) is 0 Å². The van der Waals surface area contributed by atoms with Gasteiger partial charge in [0.05, 0.1) is 60.2 Å². The van der Waals surface area contributed by atoms with E-state index in [-0.39, 0.29) is 0 Å². The van der Waals surface area contributed by atoms with Crippen LogP contribution in [0.25, 0.3) is 0 Å². The van der Waals surface area contributed by atoms with Gasteiger partial charge in [-0.2, -0.15) is 0 Å². The summed E-state index contributed by atoms with van der Waals surface area (Å²) < 4.78 is 15.5. The Hall–Kier alpha value is 0.0300. The SMILES string of the molecule is CCCC[N+](CCCC)(CCCC)CCCC.CCCC[N+](CCCC)(CCCC)CCCC.COP(=O)([O-])[O-]. The molecule has 7 heteroatoms. The topological polar surface area (TPSA) is 72.4 Å². The normalized spacial score (nSPS) is 12.0. The van der Waals surface area contributed by atoms with Crippen molar-refractivity contribution in [1.29, 1.82) is 0 Å². The first-order valence-corrected chi connectivity index (χ1v) is 18.8. The number of nitrogens with zero attached hydrogens (tertiary/aromatic N) is 2. The van der Waals surface area contributed by atoms with Crippen LogP contribution in [0.2, 0.25) is 0 Å². The van der Waals surface area contributed by atoms with E-state index in [1.165, 1.54) is 164 Å². The highest BCUT2D eigenvalue weighted by Gasteiger charge is 2.25. The van der Waals surface area contributed by atoms with Crippen LogP contribution in [-0.2, 0) is 9.09 Å². The summed E-state index contributed by atoms with van der Waals surface area (Å²) >= 11 is 0. The van der Waals surface area contributed by atoms with Crippen molar-refractivity contribution in [1.82, 2.24) is 0 Å². The van der Waals surface area contributed by atoms with E-state index in [1.54, 1.807) is 0 Å². The van der Waals surface area contributed by atoms with Gasteiger partial charge in [-0.1, -0.05) is 107 Å². The summed E-state index contributed by atoms with van der Waals surface area (Å²) in [5, 5.41) is 0. The standard InChI is InChI=1S/2C16H36N.CH5O4P/c2*1-5-9-13-17(14-10-6-2,15-11-7-3)16-12-8-4;1-5-6(2,3)4/h2*5-16H2,1-4H3;1H3,(H2,2,3,4)/q2*+1;/p-2. The molecule has 0 atom stereocenters. The van der Waals surface area contributed by atoms with Crippen LogP contribution in [0.1, 0.15) is 158 Å². The highest BCUT2D eigenvalue weighted by atomic mass is 31.2. The first kappa shape index (κ1) is 44.5. The molecular weight excluding hydrogens is 519 g/mol. The van der Waals surface area contributed by atoms with Crippen LogP contribution < -0.4 is 9.79 Å². The van der Waals surface area contributed by atoms with Gasteiger partial charge in [0, 0.05) is 7.11 Å². The number of hydrogen-bond donors (Lipinski definition) is 0. The summed E-state index contributed by atoms with van der Waals surface area (Å²) in [7, 11) is -3.83. The summed E-state index contributed by atoms with van der Waals surface area (Å²) in [6.07, 6.45) is 22.1. The van der Waals surface area contributed by atoms with Crippen molar-refractivity contribution < 1.29 is 27.8 Å². The summed E-state index contributed by atoms with van der Waals surface area (Å²) in [6, 6.07) is 0. The van der Waals surface area contributed by atoms with Crippen molar-refractivity contribution in [3.05, 3.63) is 0 Å². The first-order chi connectivity index (χ1) is 19.0. The Labute approximate surface area is 253 Å². The molecule has 0 aromatic rings. The molecule has 0 N–H and O–H groups in total. The molecule has 0 aromatic carbocycles. The summed E-state index contributed by atoms with van der Waals surface area (Å²) in [4.78, 5) is 18.5. The Balaban J connectivity index is -0.000000569. The zero-order valence-corrected chi connectivity index (χ0v) is 29.8. The largest absolute Gasteiger partial charge is 0.790 e. The molecule has 0 aliphatic rings. The van der Waals surface area contributed by atoms with E-state index in [4.69, 9.17) is 0 Å². The van der Waals surface area contributed by atoms with Crippen molar-refractivity contribution in [2.24, 2.45) is 0 Å². The van der Waals surface area contributed by atoms with Crippen LogP contribution in [0.4, 0.5) is 0 Å². The summed E-state index contributed by atoms with van der Waals surface area (Å²) in [6.45, 7) is 30.0. The average Bonchev–Trinajstić information content (AvgIpc) is 2.96. The fourth-order valence-electron chi connectivity index (χ4n) is 5.29. The molecule has 0 aromatic heterocycles. The van der Waals surface area contributed by atoms with E-state index in [0.717, 1.165) is 7.11 Å². The van der Waals surface area contributed by atoms with Crippen LogP contribution >= 0.6 is 7.82 Å². The molecule has 40 heavy (non-hydrogen) atoms. The van der Waals surface area contributed by atoms with Crippen LogP contribution in [0, 0.1) is 0 Å². The van der Waals surface area contributed by atoms with Crippen LogP contribution in [0.15, 0.2) is 0 Å². The Kier molecular flexibility index (Phi) is 33.9. The third kappa shape index (κ3) is 28.2. The highest BCUT2D eigenvalue weighted by molar-refractivity contribution is 7.43. The predicted molar refractivity (Wildman–Crippen MR) is 173 cm³/mol. The molecule has 0 rings (SSSR count). The van der Waals surface area contributed by atoms with Gasteiger partial charge in [0.1, 0.15) is 0 Å². The minimum Gasteiger partial charge on any atom is -0.790 e. The molecule has 0 bridgehead atoms. The van der Waals surface area contributed by atoms with Gasteiger partial charge in [-0.15, -0.1) is 0 Å². The lowest BCUT2D eigenvalue weighted by atomic mass is 10.1. The fourth-order valence-corrected chi connectivity index (χ4v) is 5.29. The average molecular weight is 595 g/mol. The van der Waals surface area contributed by atoms with Gasteiger partial charge in [-0.25, -0.2) is 0 Å². The van der Waals surface area contributed by atoms with Gasteiger partial charge >= 0.3 is 0 Å². The van der Waals surface area contributed by atoms with Crippen LogP contribution in [-0.4, -0.2) is 68.4 Å². The summed E-state index contributed by atoms with van der Waals surface area (Å²) in [5.41, 5.74) is 0. The van der Waals surface area contributed by atoms with Crippen molar-refractivity contribution in [2.75, 3.05) is 59.5 Å². The quantitative estimate of drug-likeness (QED) is 0.0785. The third-order valence-corrected chi connectivity index (χ3v) is 8.56. The van der Waals surface area contributed by atoms with Gasteiger partial charge in [0.25, 0.3) is 0 Å². The maximum Gasteiger partial charge on any atom is 0.0786 e. The van der Waals surface area contributed by atoms with Gasteiger partial charge in [-0.05, 0) is 51.4 Å². The number of phosphoric acid groups is 1. The number of phosphoric ester groups is 1. The van der Waals surface area contributed by atoms with Crippen molar-refractivity contribution in [3.63, 3.8) is 0 Å². The van der Waals surface area contributed by atoms with E-state index in [1.807, 2.05) is 0 Å². The number of quaternary nitrogens is 2. The zero-order chi connectivity index (χ0) is 31.2. The van der Waals surface area contributed by atoms with Crippen molar-refractivity contribution in [3.8, 4) is 0 Å². The van der Waals surface area contributed by atoms with Crippen LogP contribution in [0.5, 0.6) is 0 Å². The molecular formula is C33H75N2O4P. The van der Waals surface area contributed by atoms with Gasteiger partial charge in [0.15, 0.2) is 0 Å². The Morgan fingerprint density at radius 3 is 0.625 bits per heavy atom. The Morgan fingerprint density at radius 1 is 0.425 bits per heavy atom. The molecule has 0 aliphatic heterocycles. The van der Waals surface area contributed by atoms with E-state index in [9.17, 15) is 14.4 Å². The second kappa shape index (κ2) is 30.5. The molecule has 0 spiro atoms. The smallest absolute Gasteiger partial charge is 0.0786 e. The van der Waals surface area contributed by atoms with E-state index in [2.05, 4.69) is 59.9 Å². The van der Waals surface area contributed by atoms with Gasteiger partial charge < -0.3 is 27.8 Å². The molecule has 0 saturated heterocycles. The maximum absolute atomic E-state index is 9.25. The Bertz CT molecular complexity index is 432. The van der Waals surface area contributed by atoms with E-state index >= 15 is 0 Å². The molecule has 0 unspecified atom stereocenters. The van der Waals surface area contributed by atoms with Crippen LogP contribution in [0.3, 0.4) is 0 Å². The monoisotopic (exact) mass is 595 g/mol. The predicted octanol–water partition coefficient (Wildman–Crippen LogP) is 8.47. The third-order valence-electron chi connectivity index (χ3n) is 8.11. The summed E-state index contributed by atoms with van der Waals surface area (Å²) in [5.74, 6) is 0. The second-order valence-electron chi connectivity index (χ2n) is 11.9. The molecule has 0 heterocycles. The molecule has 246 valence electrons. The lowest BCUT2D eigenvalue weighted by molar-refractivity contribution is -0.929. The lowest BCUT2D eigenvalue weighted by Crippen LogP contribution is -2.50. The minimum absolute atomic E-state index is 0.820. The van der Waals surface area contributed by atoms with Crippen molar-refractivity contribution in [2.45, 2.75) is 158 Å². The number of rotatable bonds is 25. The Morgan fingerprint density at radius 2 is 0.550 bits per heavy atom. The molecule has 0 aliphatic carbocycles.